The van der Waals surface area contributed by atoms with Gasteiger partial charge >= 0.3 is 0 Å². The molecule has 0 aliphatic rings. The molecule has 0 aliphatic carbocycles. The number of sulfonamides is 1. The van der Waals surface area contributed by atoms with Crippen molar-refractivity contribution in [3.8, 4) is 0 Å². The highest BCUT2D eigenvalue weighted by Gasteiger charge is 2.14. The summed E-state index contributed by atoms with van der Waals surface area (Å²) >= 11 is 1.25. The van der Waals surface area contributed by atoms with Crippen LogP contribution < -0.4 is 4.72 Å². The molecule has 1 N–H and O–H groups in total. The van der Waals surface area contributed by atoms with Crippen molar-refractivity contribution in [1.29, 1.82) is 0 Å². The van der Waals surface area contributed by atoms with E-state index >= 15 is 0 Å². The second kappa shape index (κ2) is 6.51. The summed E-state index contributed by atoms with van der Waals surface area (Å²) in [5.41, 5.74) is 1.02. The summed E-state index contributed by atoms with van der Waals surface area (Å²) < 4.78 is 26.1. The molecular formula is C12H18N2O2S2. The summed E-state index contributed by atoms with van der Waals surface area (Å²) in [5.74, 6) is 0. The van der Waals surface area contributed by atoms with E-state index in [9.17, 15) is 8.42 Å². The van der Waals surface area contributed by atoms with Gasteiger partial charge in [0, 0.05) is 13.0 Å². The van der Waals surface area contributed by atoms with E-state index in [2.05, 4.69) is 9.71 Å². The van der Waals surface area contributed by atoms with E-state index < -0.39 is 10.0 Å². The second-order valence-corrected chi connectivity index (χ2v) is 5.83. The van der Waals surface area contributed by atoms with Gasteiger partial charge in [0.2, 0.25) is 0 Å². The zero-order valence-electron chi connectivity index (χ0n) is 10.5. The van der Waals surface area contributed by atoms with E-state index in [4.69, 9.17) is 0 Å². The monoisotopic (exact) mass is 286 g/mol. The summed E-state index contributed by atoms with van der Waals surface area (Å²) in [6, 6.07) is 6.67. The van der Waals surface area contributed by atoms with E-state index in [0.717, 1.165) is 5.56 Å². The van der Waals surface area contributed by atoms with Crippen LogP contribution in [-0.4, -0.2) is 13.4 Å². The maximum absolute atomic E-state index is 11.9. The van der Waals surface area contributed by atoms with Crippen molar-refractivity contribution >= 4 is 26.5 Å². The van der Waals surface area contributed by atoms with Crippen molar-refractivity contribution in [2.45, 2.75) is 25.7 Å². The molecule has 2 rings (SSSR count). The van der Waals surface area contributed by atoms with Crippen LogP contribution in [0.15, 0.2) is 40.7 Å². The Balaban J connectivity index is 0.00000103. The lowest BCUT2D eigenvalue weighted by Crippen LogP contribution is -2.12. The minimum atomic E-state index is -3.50. The molecule has 18 heavy (non-hydrogen) atoms. The number of rotatable bonds is 3. The fourth-order valence-corrected chi connectivity index (χ4v) is 2.95. The summed E-state index contributed by atoms with van der Waals surface area (Å²) in [7, 11) is -3.50. The van der Waals surface area contributed by atoms with Gasteiger partial charge in [0.15, 0.2) is 5.13 Å². The minimum Gasteiger partial charge on any atom is -0.255 e. The number of anilines is 1. The third kappa shape index (κ3) is 3.82. The average molecular weight is 286 g/mol. The molecule has 0 atom stereocenters. The van der Waals surface area contributed by atoms with Crippen LogP contribution >= 0.6 is 11.3 Å². The number of benzene rings is 1. The Morgan fingerprint density at radius 2 is 1.83 bits per heavy atom. The first-order chi connectivity index (χ1) is 8.58. The topological polar surface area (TPSA) is 59.1 Å². The highest BCUT2D eigenvalue weighted by Crippen LogP contribution is 2.17. The molecule has 6 heteroatoms. The van der Waals surface area contributed by atoms with Crippen LogP contribution in [0.5, 0.6) is 0 Å². The van der Waals surface area contributed by atoms with E-state index in [1.807, 2.05) is 20.8 Å². The Morgan fingerprint density at radius 3 is 2.33 bits per heavy atom. The molecule has 0 amide bonds. The summed E-state index contributed by atoms with van der Waals surface area (Å²) in [6.45, 7) is 5.91. The zero-order chi connectivity index (χ0) is 13.6. The molecule has 2 aromatic rings. The van der Waals surface area contributed by atoms with Gasteiger partial charge in [-0.2, -0.15) is 0 Å². The van der Waals surface area contributed by atoms with Gasteiger partial charge in [-0.05, 0) is 19.1 Å². The number of nitrogens with zero attached hydrogens (tertiary/aromatic N) is 1. The van der Waals surface area contributed by atoms with Gasteiger partial charge in [-0.15, -0.1) is 11.3 Å². The number of hydrogen-bond donors (Lipinski definition) is 1. The standard InChI is InChI=1S/C10H10N2O2S2.C2H6.H2/c1-8-2-4-9(5-3-8)16(13,14)12-10-11-6-7-15-10;1-2;/h2-7H,1H3,(H,11,12);1-2H3;1H. The van der Waals surface area contributed by atoms with Gasteiger partial charge in [0.1, 0.15) is 0 Å². The molecule has 0 bridgehead atoms. The lowest BCUT2D eigenvalue weighted by molar-refractivity contribution is 0.601. The SMILES string of the molecule is CC.Cc1ccc(S(=O)(=O)Nc2nccs2)cc1.[HH]. The maximum Gasteiger partial charge on any atom is 0.263 e. The average Bonchev–Trinajstić information content (AvgIpc) is 2.84. The lowest BCUT2D eigenvalue weighted by atomic mass is 10.2. The first-order valence-electron chi connectivity index (χ1n) is 5.57. The van der Waals surface area contributed by atoms with E-state index in [-0.39, 0.29) is 6.32 Å². The molecule has 1 heterocycles. The van der Waals surface area contributed by atoms with Crippen LogP contribution in [-0.2, 0) is 10.0 Å². The molecule has 1 aromatic carbocycles. The molecule has 1 aromatic heterocycles. The third-order valence-electron chi connectivity index (χ3n) is 1.99. The van der Waals surface area contributed by atoms with E-state index in [0.29, 0.717) is 5.13 Å². The summed E-state index contributed by atoms with van der Waals surface area (Å²) in [5, 5.41) is 2.09. The first-order valence-corrected chi connectivity index (χ1v) is 7.93. The smallest absolute Gasteiger partial charge is 0.255 e. The fraction of sp³-hybridized carbons (Fsp3) is 0.250. The predicted molar refractivity (Wildman–Crippen MR) is 77.6 cm³/mol. The Labute approximate surface area is 113 Å². The van der Waals surface area contributed by atoms with Gasteiger partial charge in [-0.25, -0.2) is 13.4 Å². The van der Waals surface area contributed by atoms with Crippen LogP contribution in [0.2, 0.25) is 0 Å². The van der Waals surface area contributed by atoms with Gasteiger partial charge in [-0.1, -0.05) is 31.5 Å². The Morgan fingerprint density at radius 1 is 1.22 bits per heavy atom. The minimum absolute atomic E-state index is 0. The largest absolute Gasteiger partial charge is 0.263 e. The number of hydrogen-bond acceptors (Lipinski definition) is 4. The number of thiazole rings is 1. The van der Waals surface area contributed by atoms with Gasteiger partial charge in [-0.3, -0.25) is 4.72 Å². The molecule has 4 nitrogen and oxygen atoms in total. The van der Waals surface area contributed by atoms with Crippen molar-refractivity contribution in [3.63, 3.8) is 0 Å². The van der Waals surface area contributed by atoms with Crippen molar-refractivity contribution < 1.29 is 9.84 Å². The van der Waals surface area contributed by atoms with Crippen LogP contribution in [0.3, 0.4) is 0 Å². The Bertz CT molecular complexity index is 566. The Hall–Kier alpha value is -1.40. The van der Waals surface area contributed by atoms with Gasteiger partial charge in [0.05, 0.1) is 4.90 Å². The number of nitrogens with one attached hydrogen (secondary N) is 1. The normalized spacial score (nSPS) is 10.4. The highest BCUT2D eigenvalue weighted by molar-refractivity contribution is 7.93. The van der Waals surface area contributed by atoms with Gasteiger partial charge < -0.3 is 0 Å². The number of aromatic nitrogens is 1. The van der Waals surface area contributed by atoms with Crippen molar-refractivity contribution in [2.75, 3.05) is 4.72 Å². The van der Waals surface area contributed by atoms with Crippen molar-refractivity contribution in [3.05, 3.63) is 41.4 Å². The summed E-state index contributed by atoms with van der Waals surface area (Å²) in [6.07, 6.45) is 1.55. The van der Waals surface area contributed by atoms with E-state index in [1.54, 1.807) is 35.8 Å². The molecule has 0 spiro atoms. The van der Waals surface area contributed by atoms with Crippen molar-refractivity contribution in [2.24, 2.45) is 0 Å². The second-order valence-electron chi connectivity index (χ2n) is 3.26. The molecule has 0 unspecified atom stereocenters. The molecule has 0 aliphatic heterocycles. The van der Waals surface area contributed by atoms with E-state index in [1.165, 1.54) is 11.3 Å². The van der Waals surface area contributed by atoms with Crippen LogP contribution in [0.4, 0.5) is 5.13 Å². The van der Waals surface area contributed by atoms with Crippen LogP contribution in [0, 0.1) is 6.92 Å². The molecule has 0 fully saturated rings. The maximum atomic E-state index is 11.9. The molecule has 100 valence electrons. The molecule has 0 saturated carbocycles. The molecular weight excluding hydrogens is 268 g/mol. The molecule has 0 saturated heterocycles. The van der Waals surface area contributed by atoms with Crippen LogP contribution in [0.25, 0.3) is 0 Å². The quantitative estimate of drug-likeness (QED) is 0.939. The summed E-state index contributed by atoms with van der Waals surface area (Å²) in [4.78, 5) is 4.12. The zero-order valence-corrected chi connectivity index (χ0v) is 12.2. The fourth-order valence-electron chi connectivity index (χ4n) is 1.17. The lowest BCUT2D eigenvalue weighted by Gasteiger charge is -2.04. The highest BCUT2D eigenvalue weighted by atomic mass is 32.2. The third-order valence-corrected chi connectivity index (χ3v) is 4.16. The predicted octanol–water partition coefficient (Wildman–Crippen LogP) is 3.52. The van der Waals surface area contributed by atoms with Crippen LogP contribution in [0.1, 0.15) is 20.8 Å². The van der Waals surface area contributed by atoms with Crippen molar-refractivity contribution in [1.82, 2.24) is 4.98 Å². The van der Waals surface area contributed by atoms with Gasteiger partial charge in [0.25, 0.3) is 10.0 Å². The Kier molecular flexibility index (Phi) is 5.30. The molecule has 0 radical (unpaired) electrons. The number of aryl methyl sites for hydroxylation is 1. The first kappa shape index (κ1) is 14.7.